The molecule has 1 unspecified atom stereocenters. The summed E-state index contributed by atoms with van der Waals surface area (Å²) in [6.45, 7) is 2.18. The number of carbonyl (C=O) groups is 1. The summed E-state index contributed by atoms with van der Waals surface area (Å²) >= 11 is 1.42. The van der Waals surface area contributed by atoms with Gasteiger partial charge in [-0.3, -0.25) is 15.2 Å². The van der Waals surface area contributed by atoms with E-state index in [1.54, 1.807) is 17.3 Å². The molecule has 0 aliphatic heterocycles. The van der Waals surface area contributed by atoms with Gasteiger partial charge in [-0.05, 0) is 19.4 Å². The molecule has 2 rings (SSSR count). The molecule has 0 saturated carbocycles. The third kappa shape index (κ3) is 4.74. The van der Waals surface area contributed by atoms with Crippen molar-refractivity contribution in [2.45, 2.75) is 32.4 Å². The Kier molecular flexibility index (Phi) is 5.79. The molecule has 118 valence electrons. The molecular formula is C14H17FN4O2S. The maximum absolute atomic E-state index is 13.8. The van der Waals surface area contributed by atoms with Gasteiger partial charge >= 0.3 is 5.97 Å². The van der Waals surface area contributed by atoms with Crippen molar-refractivity contribution in [3.8, 4) is 0 Å². The number of hydrogen-bond acceptors (Lipinski definition) is 6. The number of rotatable bonds is 8. The monoisotopic (exact) mass is 324 g/mol. The third-order valence-electron chi connectivity index (χ3n) is 3.18. The van der Waals surface area contributed by atoms with E-state index in [9.17, 15) is 9.18 Å². The van der Waals surface area contributed by atoms with Crippen molar-refractivity contribution in [1.29, 1.82) is 0 Å². The van der Waals surface area contributed by atoms with Crippen LogP contribution in [0.2, 0.25) is 0 Å². The lowest BCUT2D eigenvalue weighted by Gasteiger charge is -2.29. The Balaban J connectivity index is 2.10. The van der Waals surface area contributed by atoms with Gasteiger partial charge in [0.15, 0.2) is 5.13 Å². The average Bonchev–Trinajstić information content (AvgIpc) is 2.99. The highest BCUT2D eigenvalue weighted by Crippen LogP contribution is 2.18. The fourth-order valence-electron chi connectivity index (χ4n) is 1.91. The minimum absolute atomic E-state index is 0.0516. The van der Waals surface area contributed by atoms with Gasteiger partial charge in [-0.2, -0.15) is 0 Å². The summed E-state index contributed by atoms with van der Waals surface area (Å²) in [7, 11) is 0. The highest BCUT2D eigenvalue weighted by molar-refractivity contribution is 7.13. The van der Waals surface area contributed by atoms with Crippen LogP contribution in [0.3, 0.4) is 0 Å². The molecule has 8 heteroatoms. The van der Waals surface area contributed by atoms with Crippen LogP contribution in [-0.4, -0.2) is 32.1 Å². The first kappa shape index (κ1) is 16.3. The van der Waals surface area contributed by atoms with E-state index in [-0.39, 0.29) is 24.8 Å². The third-order valence-corrected chi connectivity index (χ3v) is 3.85. The Morgan fingerprint density at radius 1 is 1.55 bits per heavy atom. The minimum Gasteiger partial charge on any atom is -0.481 e. The van der Waals surface area contributed by atoms with Crippen molar-refractivity contribution in [2.24, 2.45) is 0 Å². The molecule has 0 fully saturated rings. The van der Waals surface area contributed by atoms with Crippen molar-refractivity contribution in [3.63, 3.8) is 0 Å². The number of nitrogens with one attached hydrogen (secondary N) is 1. The summed E-state index contributed by atoms with van der Waals surface area (Å²) in [4.78, 5) is 18.6. The van der Waals surface area contributed by atoms with E-state index < -0.39 is 5.97 Å². The first-order valence-electron chi connectivity index (χ1n) is 6.79. The van der Waals surface area contributed by atoms with Gasteiger partial charge in [0.05, 0.1) is 6.20 Å². The number of pyridine rings is 1. The van der Waals surface area contributed by atoms with Gasteiger partial charge in [0.1, 0.15) is 5.82 Å². The molecule has 0 spiro atoms. The Labute approximate surface area is 131 Å². The summed E-state index contributed by atoms with van der Waals surface area (Å²) < 4.78 is 13.8. The molecule has 0 aliphatic carbocycles. The highest BCUT2D eigenvalue weighted by Gasteiger charge is 2.18. The molecule has 2 N–H and O–H groups in total. The number of halogens is 1. The van der Waals surface area contributed by atoms with Crippen LogP contribution in [0.15, 0.2) is 30.0 Å². The van der Waals surface area contributed by atoms with Gasteiger partial charge in [0.2, 0.25) is 0 Å². The van der Waals surface area contributed by atoms with Gasteiger partial charge in [0, 0.05) is 42.3 Å². The molecule has 22 heavy (non-hydrogen) atoms. The lowest BCUT2D eigenvalue weighted by molar-refractivity contribution is -0.137. The molecule has 2 aromatic rings. The second-order valence-corrected chi connectivity index (χ2v) is 5.72. The molecule has 0 amide bonds. The fraction of sp³-hybridized carbons (Fsp3) is 0.357. The summed E-state index contributed by atoms with van der Waals surface area (Å²) in [5.41, 5.74) is 3.61. The predicted molar refractivity (Wildman–Crippen MR) is 81.8 cm³/mol. The van der Waals surface area contributed by atoms with Crippen molar-refractivity contribution < 1.29 is 14.3 Å². The molecule has 6 nitrogen and oxygen atoms in total. The predicted octanol–water partition coefficient (Wildman–Crippen LogP) is 2.76. The summed E-state index contributed by atoms with van der Waals surface area (Å²) in [6.07, 6.45) is 4.86. The van der Waals surface area contributed by atoms with Crippen molar-refractivity contribution in [3.05, 3.63) is 41.4 Å². The van der Waals surface area contributed by atoms with Crippen LogP contribution in [0.1, 0.15) is 25.3 Å². The number of thiazole rings is 1. The molecule has 0 radical (unpaired) electrons. The maximum Gasteiger partial charge on any atom is 0.303 e. The molecule has 0 saturated heterocycles. The molecule has 2 aromatic heterocycles. The van der Waals surface area contributed by atoms with Crippen molar-refractivity contribution in [1.82, 2.24) is 15.0 Å². The van der Waals surface area contributed by atoms with E-state index in [2.05, 4.69) is 15.4 Å². The Morgan fingerprint density at radius 3 is 3.00 bits per heavy atom. The van der Waals surface area contributed by atoms with E-state index in [4.69, 9.17) is 5.11 Å². The SMILES string of the molecule is CC(CCC(=O)O)N(Cc1ccncc1F)Nc1nccs1. The van der Waals surface area contributed by atoms with Crippen LogP contribution >= 0.6 is 11.3 Å². The van der Waals surface area contributed by atoms with Gasteiger partial charge in [-0.15, -0.1) is 11.3 Å². The number of carboxylic acid groups (broad SMARTS) is 1. The molecule has 2 heterocycles. The summed E-state index contributed by atoms with van der Waals surface area (Å²) in [5.74, 6) is -1.24. The van der Waals surface area contributed by atoms with Crippen LogP contribution in [0.5, 0.6) is 0 Å². The average molecular weight is 324 g/mol. The van der Waals surface area contributed by atoms with Crippen LogP contribution in [-0.2, 0) is 11.3 Å². The van der Waals surface area contributed by atoms with Crippen LogP contribution in [0.4, 0.5) is 9.52 Å². The zero-order valence-corrected chi connectivity index (χ0v) is 12.9. The van der Waals surface area contributed by atoms with Gasteiger partial charge in [0.25, 0.3) is 0 Å². The van der Waals surface area contributed by atoms with Gasteiger partial charge in [-0.25, -0.2) is 14.4 Å². The standard InChI is InChI=1S/C14H17FN4O2S/c1-10(2-3-13(20)21)19(18-14-17-6-7-22-14)9-11-4-5-16-8-12(11)15/h4-8,10H,2-3,9H2,1H3,(H,17,18)(H,20,21). The van der Waals surface area contributed by atoms with E-state index in [0.717, 1.165) is 0 Å². The maximum atomic E-state index is 13.8. The number of anilines is 1. The molecule has 0 aromatic carbocycles. The van der Waals surface area contributed by atoms with Crippen LogP contribution in [0, 0.1) is 5.82 Å². The number of carboxylic acids is 1. The molecule has 0 bridgehead atoms. The Morgan fingerprint density at radius 2 is 2.36 bits per heavy atom. The second-order valence-electron chi connectivity index (χ2n) is 4.83. The van der Waals surface area contributed by atoms with Crippen LogP contribution < -0.4 is 5.43 Å². The summed E-state index contributed by atoms with van der Waals surface area (Å²) in [5, 5.41) is 13.1. The second kappa shape index (κ2) is 7.81. The Bertz CT molecular complexity index is 609. The minimum atomic E-state index is -0.851. The number of hydrazine groups is 1. The normalized spacial score (nSPS) is 12.3. The lowest BCUT2D eigenvalue weighted by Crippen LogP contribution is -2.38. The van der Waals surface area contributed by atoms with E-state index in [1.165, 1.54) is 23.7 Å². The number of aliphatic carboxylic acids is 1. The summed E-state index contributed by atoms with van der Waals surface area (Å²) in [6, 6.07) is 1.50. The first-order chi connectivity index (χ1) is 10.6. The lowest BCUT2D eigenvalue weighted by atomic mass is 10.1. The van der Waals surface area contributed by atoms with Crippen molar-refractivity contribution in [2.75, 3.05) is 5.43 Å². The smallest absolute Gasteiger partial charge is 0.303 e. The quantitative estimate of drug-likeness (QED) is 0.727. The van der Waals surface area contributed by atoms with E-state index in [0.29, 0.717) is 17.1 Å². The Hall–Kier alpha value is -2.06. The fourth-order valence-corrected chi connectivity index (χ4v) is 2.45. The zero-order valence-electron chi connectivity index (χ0n) is 12.1. The number of nitrogens with zero attached hydrogens (tertiary/aromatic N) is 3. The first-order valence-corrected chi connectivity index (χ1v) is 7.67. The molecule has 1 atom stereocenters. The molecular weight excluding hydrogens is 307 g/mol. The highest BCUT2D eigenvalue weighted by atomic mass is 32.1. The number of aromatic nitrogens is 2. The van der Waals surface area contributed by atoms with Crippen molar-refractivity contribution >= 4 is 22.4 Å². The van der Waals surface area contributed by atoms with Gasteiger partial charge < -0.3 is 5.11 Å². The zero-order chi connectivity index (χ0) is 15.9. The van der Waals surface area contributed by atoms with Gasteiger partial charge in [-0.1, -0.05) is 0 Å². The number of hydrogen-bond donors (Lipinski definition) is 2. The largest absolute Gasteiger partial charge is 0.481 e. The topological polar surface area (TPSA) is 78.3 Å². The van der Waals surface area contributed by atoms with Crippen LogP contribution in [0.25, 0.3) is 0 Å². The molecule has 0 aliphatic rings. The van der Waals surface area contributed by atoms with E-state index >= 15 is 0 Å². The van der Waals surface area contributed by atoms with E-state index in [1.807, 2.05) is 12.3 Å².